The molecule has 134 valence electrons. The zero-order chi connectivity index (χ0) is 18.4. The molecule has 1 atom stereocenters. The molecule has 2 rings (SSSR count). The molecule has 0 saturated carbocycles. The smallest absolute Gasteiger partial charge is 0.151 e. The van der Waals surface area contributed by atoms with Gasteiger partial charge in [-0.15, -0.1) is 0 Å². The number of aldehydes is 1. The Bertz CT molecular complexity index is 770. The Morgan fingerprint density at radius 2 is 1.88 bits per heavy atom. The number of carbonyl (C=O) groups is 1. The summed E-state index contributed by atoms with van der Waals surface area (Å²) < 4.78 is 20.3. The van der Waals surface area contributed by atoms with Gasteiger partial charge in [0.2, 0.25) is 0 Å². The summed E-state index contributed by atoms with van der Waals surface area (Å²) in [5.74, 6) is 0.742. The maximum atomic E-state index is 12.3. The van der Waals surface area contributed by atoms with Crippen LogP contribution in [0.2, 0.25) is 0 Å². The zero-order valence-electron chi connectivity index (χ0n) is 14.9. The van der Waals surface area contributed by atoms with Crippen LogP contribution in [0.4, 0.5) is 0 Å². The van der Waals surface area contributed by atoms with E-state index in [1.807, 2.05) is 57.2 Å². The number of benzene rings is 2. The van der Waals surface area contributed by atoms with Crippen molar-refractivity contribution in [2.75, 3.05) is 7.11 Å². The molecule has 1 N–H and O–H groups in total. The van der Waals surface area contributed by atoms with Crippen molar-refractivity contribution in [2.24, 2.45) is 0 Å². The van der Waals surface area contributed by atoms with Crippen molar-refractivity contribution < 1.29 is 13.7 Å². The topological polar surface area (TPSA) is 55.4 Å². The van der Waals surface area contributed by atoms with Crippen LogP contribution in [-0.4, -0.2) is 22.4 Å². The van der Waals surface area contributed by atoms with Crippen LogP contribution < -0.4 is 9.46 Å². The number of nitrogens with one attached hydrogen (secondary N) is 1. The van der Waals surface area contributed by atoms with Gasteiger partial charge in [0.05, 0.1) is 22.8 Å². The van der Waals surface area contributed by atoms with Gasteiger partial charge in [0, 0.05) is 21.9 Å². The molecule has 0 amide bonds. The van der Waals surface area contributed by atoms with E-state index < -0.39 is 11.0 Å². The molecule has 0 aliphatic heterocycles. The highest BCUT2D eigenvalue weighted by Gasteiger charge is 2.19. The predicted octanol–water partition coefficient (Wildman–Crippen LogP) is 4.21. The van der Waals surface area contributed by atoms with Gasteiger partial charge in [0.15, 0.2) is 6.29 Å². The van der Waals surface area contributed by atoms with E-state index in [1.54, 1.807) is 13.2 Å². The lowest BCUT2D eigenvalue weighted by molar-refractivity contribution is 0.112. The minimum Gasteiger partial charge on any atom is -0.497 e. The van der Waals surface area contributed by atoms with Crippen molar-refractivity contribution in [1.29, 1.82) is 0 Å². The molecular weight excluding hydrogens is 354 g/mol. The fourth-order valence-corrected chi connectivity index (χ4v) is 3.81. The molecule has 1 unspecified atom stereocenters. The van der Waals surface area contributed by atoms with Crippen LogP contribution in [0.3, 0.4) is 0 Å². The highest BCUT2D eigenvalue weighted by molar-refractivity contribution is 7.99. The first-order chi connectivity index (χ1) is 11.8. The lowest BCUT2D eigenvalue weighted by Crippen LogP contribution is -2.33. The van der Waals surface area contributed by atoms with Gasteiger partial charge in [0.1, 0.15) is 5.75 Å². The third-order valence-corrected chi connectivity index (χ3v) is 6.21. The Morgan fingerprint density at radius 1 is 1.16 bits per heavy atom. The Labute approximate surface area is 156 Å². The maximum Gasteiger partial charge on any atom is 0.151 e. The van der Waals surface area contributed by atoms with E-state index in [0.717, 1.165) is 27.4 Å². The van der Waals surface area contributed by atoms with Crippen LogP contribution in [-0.2, 0) is 17.5 Å². The lowest BCUT2D eigenvalue weighted by atomic mass is 10.2. The number of methoxy groups -OCH3 is 1. The van der Waals surface area contributed by atoms with E-state index in [-0.39, 0.29) is 4.75 Å². The molecule has 0 fully saturated rings. The molecule has 0 aliphatic rings. The second kappa shape index (κ2) is 8.65. The summed E-state index contributed by atoms with van der Waals surface area (Å²) in [6.45, 7) is 6.24. The Morgan fingerprint density at radius 3 is 2.52 bits per heavy atom. The Hall–Kier alpha value is -1.63. The molecule has 25 heavy (non-hydrogen) atoms. The average Bonchev–Trinajstić information content (AvgIpc) is 2.60. The summed E-state index contributed by atoms with van der Waals surface area (Å²) >= 11 is 1.52. The molecule has 2 aromatic rings. The molecule has 0 heterocycles. The van der Waals surface area contributed by atoms with E-state index in [9.17, 15) is 9.00 Å². The summed E-state index contributed by atoms with van der Waals surface area (Å²) in [5.41, 5.74) is 1.63. The van der Waals surface area contributed by atoms with E-state index in [2.05, 4.69) is 4.72 Å². The van der Waals surface area contributed by atoms with Crippen LogP contribution in [0.25, 0.3) is 0 Å². The molecule has 0 spiro atoms. The van der Waals surface area contributed by atoms with Crippen molar-refractivity contribution in [3.63, 3.8) is 0 Å². The number of hydrogen-bond acceptors (Lipinski definition) is 4. The summed E-state index contributed by atoms with van der Waals surface area (Å²) in [6, 6.07) is 13.2. The molecule has 0 aromatic heterocycles. The lowest BCUT2D eigenvalue weighted by Gasteiger charge is -2.19. The maximum absolute atomic E-state index is 12.3. The molecular formula is C19H23NO3S2. The quantitative estimate of drug-likeness (QED) is 0.735. The minimum absolute atomic E-state index is 0.337. The first-order valence-corrected chi connectivity index (χ1v) is 9.86. The van der Waals surface area contributed by atoms with Gasteiger partial charge in [-0.2, -0.15) is 0 Å². The second-order valence-electron chi connectivity index (χ2n) is 6.43. The first-order valence-electron chi connectivity index (χ1n) is 7.89. The van der Waals surface area contributed by atoms with Gasteiger partial charge in [0.25, 0.3) is 0 Å². The third-order valence-electron chi connectivity index (χ3n) is 3.48. The second-order valence-corrected chi connectivity index (χ2v) is 9.57. The van der Waals surface area contributed by atoms with E-state index in [1.165, 1.54) is 11.8 Å². The standard InChI is InChI=1S/C19H23NO3S2/c1-19(2,3)25(22)20-12-15-11-16(23-4)9-10-18(15)24-17-8-6-5-7-14(17)13-21/h5-11,13,20H,12H2,1-4H3. The fraction of sp³-hybridized carbons (Fsp3) is 0.316. The highest BCUT2D eigenvalue weighted by Crippen LogP contribution is 2.34. The van der Waals surface area contributed by atoms with E-state index in [0.29, 0.717) is 12.1 Å². The predicted molar refractivity (Wildman–Crippen MR) is 104 cm³/mol. The van der Waals surface area contributed by atoms with Crippen molar-refractivity contribution in [2.45, 2.75) is 41.9 Å². The van der Waals surface area contributed by atoms with Crippen LogP contribution in [0.15, 0.2) is 52.3 Å². The van der Waals surface area contributed by atoms with Gasteiger partial charge in [-0.1, -0.05) is 30.0 Å². The molecule has 0 bridgehead atoms. The zero-order valence-corrected chi connectivity index (χ0v) is 16.5. The molecule has 2 aromatic carbocycles. The summed E-state index contributed by atoms with van der Waals surface area (Å²) in [5, 5.41) is 0. The van der Waals surface area contributed by atoms with E-state index in [4.69, 9.17) is 4.74 Å². The number of ether oxygens (including phenoxy) is 1. The summed E-state index contributed by atoms with van der Waals surface area (Å²) in [7, 11) is 0.456. The summed E-state index contributed by atoms with van der Waals surface area (Å²) in [4.78, 5) is 13.1. The molecule has 0 radical (unpaired) electrons. The minimum atomic E-state index is -1.16. The fourth-order valence-electron chi connectivity index (χ4n) is 2.07. The van der Waals surface area contributed by atoms with Crippen molar-refractivity contribution in [1.82, 2.24) is 4.72 Å². The first kappa shape index (κ1) is 19.7. The normalized spacial score (nSPS) is 12.6. The largest absolute Gasteiger partial charge is 0.497 e. The van der Waals surface area contributed by atoms with Crippen molar-refractivity contribution in [3.05, 3.63) is 53.6 Å². The Kier molecular flexibility index (Phi) is 6.81. The highest BCUT2D eigenvalue weighted by atomic mass is 32.2. The summed E-state index contributed by atoms with van der Waals surface area (Å²) in [6.07, 6.45) is 0.860. The molecule has 0 aliphatic carbocycles. The van der Waals surface area contributed by atoms with Crippen molar-refractivity contribution in [3.8, 4) is 5.75 Å². The molecule has 0 saturated heterocycles. The van der Waals surface area contributed by atoms with Crippen LogP contribution in [0, 0.1) is 0 Å². The third kappa shape index (κ3) is 5.42. The number of carbonyl (C=O) groups excluding carboxylic acids is 1. The van der Waals surface area contributed by atoms with Crippen molar-refractivity contribution >= 4 is 29.0 Å². The SMILES string of the molecule is COc1ccc(Sc2ccccc2C=O)c(CNS(=O)C(C)(C)C)c1. The van der Waals surface area contributed by atoms with Gasteiger partial charge in [-0.3, -0.25) is 4.79 Å². The van der Waals surface area contributed by atoms with Gasteiger partial charge in [-0.05, 0) is 50.6 Å². The molecule has 4 nitrogen and oxygen atoms in total. The van der Waals surface area contributed by atoms with Gasteiger partial charge in [-0.25, -0.2) is 8.93 Å². The molecule has 6 heteroatoms. The Balaban J connectivity index is 2.28. The number of hydrogen-bond donors (Lipinski definition) is 1. The van der Waals surface area contributed by atoms with Crippen LogP contribution in [0.1, 0.15) is 36.7 Å². The van der Waals surface area contributed by atoms with Gasteiger partial charge < -0.3 is 4.74 Å². The monoisotopic (exact) mass is 377 g/mol. The van der Waals surface area contributed by atoms with Crippen LogP contribution >= 0.6 is 11.8 Å². The van der Waals surface area contributed by atoms with E-state index >= 15 is 0 Å². The number of rotatable bonds is 7. The van der Waals surface area contributed by atoms with Crippen LogP contribution in [0.5, 0.6) is 5.75 Å². The van der Waals surface area contributed by atoms with Gasteiger partial charge >= 0.3 is 0 Å². The average molecular weight is 378 g/mol.